The Labute approximate surface area is 221 Å². The van der Waals surface area contributed by atoms with E-state index in [4.69, 9.17) is 15.2 Å². The Morgan fingerprint density at radius 1 is 1.21 bits per heavy atom. The summed E-state index contributed by atoms with van der Waals surface area (Å²) in [6.45, 7) is 8.73. The van der Waals surface area contributed by atoms with E-state index >= 15 is 0 Å². The molecule has 0 atom stereocenters. The van der Waals surface area contributed by atoms with E-state index < -0.39 is 0 Å². The van der Waals surface area contributed by atoms with Crippen molar-refractivity contribution in [3.05, 3.63) is 88.9 Å². The monoisotopic (exact) mass is 512 g/mol. The topological polar surface area (TPSA) is 100 Å². The van der Waals surface area contributed by atoms with Gasteiger partial charge in [0.1, 0.15) is 6.61 Å². The Morgan fingerprint density at radius 3 is 2.68 bits per heavy atom. The molecule has 1 aliphatic rings. The molecule has 1 aromatic carbocycles. The van der Waals surface area contributed by atoms with Crippen LogP contribution in [-0.4, -0.2) is 57.4 Å². The average Bonchev–Trinajstić information content (AvgIpc) is 3.15. The highest BCUT2D eigenvalue weighted by Crippen LogP contribution is 2.30. The van der Waals surface area contributed by atoms with Gasteiger partial charge in [-0.1, -0.05) is 12.6 Å². The number of hydrogen-bond donors (Lipinski definition) is 1. The van der Waals surface area contributed by atoms with Gasteiger partial charge < -0.3 is 20.1 Å². The molecule has 0 spiro atoms. The van der Waals surface area contributed by atoms with Gasteiger partial charge in [-0.05, 0) is 54.8 Å². The second-order valence-corrected chi connectivity index (χ2v) is 9.23. The van der Waals surface area contributed by atoms with Crippen molar-refractivity contribution in [1.29, 1.82) is 0 Å². The van der Waals surface area contributed by atoms with E-state index in [9.17, 15) is 4.79 Å². The van der Waals surface area contributed by atoms with Crippen molar-refractivity contribution >= 4 is 27.5 Å². The molecule has 0 amide bonds. The summed E-state index contributed by atoms with van der Waals surface area (Å²) in [7, 11) is 3.37. The molecular weight excluding hydrogens is 480 g/mol. The zero-order valence-electron chi connectivity index (χ0n) is 22.0. The zero-order valence-corrected chi connectivity index (χ0v) is 22.0. The maximum atomic E-state index is 13.5. The number of fused-ring (bicyclic) bond motifs is 3. The highest BCUT2D eigenvalue weighted by molar-refractivity contribution is 6.04. The van der Waals surface area contributed by atoms with E-state index in [1.54, 1.807) is 41.8 Å². The van der Waals surface area contributed by atoms with Crippen LogP contribution in [0.3, 0.4) is 0 Å². The maximum absolute atomic E-state index is 13.5. The first-order chi connectivity index (χ1) is 18.5. The summed E-state index contributed by atoms with van der Waals surface area (Å²) in [6.07, 6.45) is 8.42. The first-order valence-corrected chi connectivity index (χ1v) is 12.6. The smallest absolute Gasteiger partial charge is 0.333 e. The number of benzene rings is 1. The molecule has 38 heavy (non-hydrogen) atoms. The minimum Gasteiger partial charge on any atom is -0.475 e. The van der Waals surface area contributed by atoms with Gasteiger partial charge >= 0.3 is 5.69 Å². The number of imidazole rings is 1. The molecule has 9 nitrogen and oxygen atoms in total. The molecular formula is C29H32N6O3. The lowest BCUT2D eigenvalue weighted by atomic mass is 10.0. The number of pyridine rings is 2. The van der Waals surface area contributed by atoms with Crippen LogP contribution in [-0.2, 0) is 11.8 Å². The molecule has 4 heterocycles. The molecule has 2 N–H and O–H groups in total. The van der Waals surface area contributed by atoms with E-state index in [1.807, 2.05) is 37.3 Å². The first kappa shape index (κ1) is 25.3. The van der Waals surface area contributed by atoms with Crippen LogP contribution in [0.5, 0.6) is 5.88 Å². The van der Waals surface area contributed by atoms with Crippen LogP contribution in [0.15, 0.2) is 72.0 Å². The van der Waals surface area contributed by atoms with E-state index in [1.165, 1.54) is 6.42 Å². The van der Waals surface area contributed by atoms with Crippen LogP contribution < -0.4 is 16.2 Å². The maximum Gasteiger partial charge on any atom is 0.333 e. The fourth-order valence-corrected chi connectivity index (χ4v) is 4.72. The highest BCUT2D eigenvalue weighted by atomic mass is 16.5. The first-order valence-electron chi connectivity index (χ1n) is 12.6. The normalized spacial score (nSPS) is 14.2. The summed E-state index contributed by atoms with van der Waals surface area (Å²) in [4.78, 5) is 25.0. The Balaban J connectivity index is 1.67. The SMILES string of the molecule is C=C/C(=C\C(=C/N)c1ccc2ncc3c(c2c1)n(-c1ccc(OCCOC)nc1C)c(=O)n3C)N1CCC1. The van der Waals surface area contributed by atoms with Crippen LogP contribution in [0, 0.1) is 6.92 Å². The standard InChI is InChI=1S/C29H32N6O3/c1-5-22(34-11-6-12-34)15-21(17-30)20-7-8-24-23(16-20)28-26(18-31-24)33(3)29(36)35(28)25-9-10-27(32-19(25)2)38-14-13-37-4/h5,7-10,15-18H,1,6,11-14,30H2,2-4H3/b21-17+,22-15+. The number of methoxy groups -OCH3 is 1. The largest absolute Gasteiger partial charge is 0.475 e. The number of likely N-dealkylation sites (tertiary alicyclic amines) is 1. The summed E-state index contributed by atoms with van der Waals surface area (Å²) in [6, 6.07) is 9.62. The predicted octanol–water partition coefficient (Wildman–Crippen LogP) is 3.68. The lowest BCUT2D eigenvalue weighted by Crippen LogP contribution is -2.35. The number of hydrogen-bond acceptors (Lipinski definition) is 7. The fourth-order valence-electron chi connectivity index (χ4n) is 4.72. The second-order valence-electron chi connectivity index (χ2n) is 9.23. The van der Waals surface area contributed by atoms with Crippen LogP contribution in [0.2, 0.25) is 0 Å². The molecule has 9 heteroatoms. The Bertz CT molecular complexity index is 1640. The van der Waals surface area contributed by atoms with Crippen molar-refractivity contribution in [2.24, 2.45) is 12.8 Å². The van der Waals surface area contributed by atoms with E-state index in [2.05, 4.69) is 27.5 Å². The number of ether oxygens (including phenoxy) is 2. The number of nitrogens with zero attached hydrogens (tertiary/aromatic N) is 5. The van der Waals surface area contributed by atoms with Gasteiger partial charge in [0, 0.05) is 50.6 Å². The van der Waals surface area contributed by atoms with Crippen molar-refractivity contribution in [1.82, 2.24) is 24.0 Å². The summed E-state index contributed by atoms with van der Waals surface area (Å²) in [5.41, 5.74) is 12.3. The third-order valence-corrected chi connectivity index (χ3v) is 6.94. The van der Waals surface area contributed by atoms with Gasteiger partial charge in [-0.25, -0.2) is 9.78 Å². The minimum atomic E-state index is -0.182. The van der Waals surface area contributed by atoms with Crippen molar-refractivity contribution in [2.75, 3.05) is 33.4 Å². The molecule has 196 valence electrons. The van der Waals surface area contributed by atoms with E-state index in [0.29, 0.717) is 30.5 Å². The van der Waals surface area contributed by atoms with Gasteiger partial charge in [0.25, 0.3) is 0 Å². The van der Waals surface area contributed by atoms with Crippen LogP contribution in [0.4, 0.5) is 0 Å². The van der Waals surface area contributed by atoms with Gasteiger partial charge in [-0.15, -0.1) is 0 Å². The second kappa shape index (κ2) is 10.5. The third kappa shape index (κ3) is 4.45. The Morgan fingerprint density at radius 2 is 2.03 bits per heavy atom. The van der Waals surface area contributed by atoms with Crippen molar-refractivity contribution in [3.63, 3.8) is 0 Å². The van der Waals surface area contributed by atoms with Crippen LogP contribution >= 0.6 is 0 Å². The average molecular weight is 513 g/mol. The summed E-state index contributed by atoms with van der Waals surface area (Å²) in [5.74, 6) is 0.482. The molecule has 1 fully saturated rings. The molecule has 0 unspecified atom stereocenters. The number of aryl methyl sites for hydroxylation is 2. The molecule has 1 aliphatic heterocycles. The van der Waals surface area contributed by atoms with Crippen molar-refractivity contribution in [2.45, 2.75) is 13.3 Å². The van der Waals surface area contributed by atoms with Crippen LogP contribution in [0.25, 0.3) is 33.2 Å². The van der Waals surface area contributed by atoms with E-state index in [0.717, 1.165) is 51.9 Å². The number of aromatic nitrogens is 4. The molecule has 0 aliphatic carbocycles. The van der Waals surface area contributed by atoms with Gasteiger partial charge in [0.15, 0.2) is 0 Å². The van der Waals surface area contributed by atoms with Gasteiger partial charge in [0.05, 0.1) is 40.7 Å². The van der Waals surface area contributed by atoms with Crippen LogP contribution in [0.1, 0.15) is 17.7 Å². The highest BCUT2D eigenvalue weighted by Gasteiger charge is 2.19. The Hall–Kier alpha value is -4.37. The lowest BCUT2D eigenvalue weighted by Gasteiger charge is -2.34. The number of rotatable bonds is 9. The predicted molar refractivity (Wildman–Crippen MR) is 150 cm³/mol. The van der Waals surface area contributed by atoms with Gasteiger partial charge in [-0.2, -0.15) is 0 Å². The molecule has 5 rings (SSSR count). The molecule has 3 aromatic heterocycles. The van der Waals surface area contributed by atoms with Gasteiger partial charge in [-0.3, -0.25) is 14.1 Å². The molecule has 0 saturated carbocycles. The Kier molecular flexibility index (Phi) is 7.02. The van der Waals surface area contributed by atoms with Gasteiger partial charge in [0.2, 0.25) is 5.88 Å². The van der Waals surface area contributed by atoms with E-state index in [-0.39, 0.29) is 5.69 Å². The lowest BCUT2D eigenvalue weighted by molar-refractivity contribution is 0.143. The quantitative estimate of drug-likeness (QED) is 0.270. The number of nitrogens with two attached hydrogens (primary N) is 1. The number of allylic oxidation sites excluding steroid dienone is 3. The molecule has 4 aromatic rings. The minimum absolute atomic E-state index is 0.182. The summed E-state index contributed by atoms with van der Waals surface area (Å²) >= 11 is 0. The summed E-state index contributed by atoms with van der Waals surface area (Å²) in [5, 5.41) is 0.842. The summed E-state index contributed by atoms with van der Waals surface area (Å²) < 4.78 is 14.0. The van der Waals surface area contributed by atoms with Crippen molar-refractivity contribution in [3.8, 4) is 11.6 Å². The fraction of sp³-hybridized carbons (Fsp3) is 0.276. The van der Waals surface area contributed by atoms with Crippen molar-refractivity contribution < 1.29 is 9.47 Å². The molecule has 0 bridgehead atoms. The molecule has 0 radical (unpaired) electrons. The zero-order chi connectivity index (χ0) is 26.8. The third-order valence-electron chi connectivity index (χ3n) is 6.94. The molecule has 1 saturated heterocycles.